The third-order valence-electron chi connectivity index (χ3n) is 2.28. The number of rotatable bonds is 7. The molecular weight excluding hydrogens is 220 g/mol. The summed E-state index contributed by atoms with van der Waals surface area (Å²) in [7, 11) is 3.04. The van der Waals surface area contributed by atoms with Gasteiger partial charge in [0.15, 0.2) is 0 Å². The van der Waals surface area contributed by atoms with Crippen molar-refractivity contribution in [2.24, 2.45) is 0 Å². The number of carbonyl (C=O) groups is 1. The van der Waals surface area contributed by atoms with Crippen LogP contribution in [0.25, 0.3) is 0 Å². The lowest BCUT2D eigenvalue weighted by atomic mass is 10.1. The molecule has 0 bridgehead atoms. The van der Waals surface area contributed by atoms with Gasteiger partial charge < -0.3 is 14.2 Å². The highest BCUT2D eigenvalue weighted by Crippen LogP contribution is 2.07. The summed E-state index contributed by atoms with van der Waals surface area (Å²) in [6.45, 7) is 1.93. The third kappa shape index (κ3) is 4.97. The Balaban J connectivity index is 2.33. The van der Waals surface area contributed by atoms with Crippen LogP contribution in [0.4, 0.5) is 0 Å². The molecule has 0 saturated heterocycles. The van der Waals surface area contributed by atoms with Crippen molar-refractivity contribution in [2.75, 3.05) is 27.4 Å². The van der Waals surface area contributed by atoms with Gasteiger partial charge in [-0.05, 0) is 24.1 Å². The summed E-state index contributed by atoms with van der Waals surface area (Å²) in [5, 5.41) is 0. The van der Waals surface area contributed by atoms with Crippen LogP contribution in [0.5, 0.6) is 0 Å². The number of methoxy groups -OCH3 is 2. The Morgan fingerprint density at radius 3 is 2.41 bits per heavy atom. The molecule has 17 heavy (non-hydrogen) atoms. The summed E-state index contributed by atoms with van der Waals surface area (Å²) in [6, 6.07) is 7.20. The molecule has 0 aliphatic carbocycles. The van der Waals surface area contributed by atoms with Gasteiger partial charge >= 0.3 is 5.97 Å². The van der Waals surface area contributed by atoms with Gasteiger partial charge in [-0.2, -0.15) is 0 Å². The number of esters is 1. The van der Waals surface area contributed by atoms with Crippen molar-refractivity contribution in [1.82, 2.24) is 0 Å². The molecule has 0 heterocycles. The van der Waals surface area contributed by atoms with Crippen LogP contribution in [-0.2, 0) is 20.8 Å². The van der Waals surface area contributed by atoms with Crippen molar-refractivity contribution in [3.8, 4) is 0 Å². The molecule has 1 aromatic carbocycles. The fourth-order valence-electron chi connectivity index (χ4n) is 1.35. The summed E-state index contributed by atoms with van der Waals surface area (Å²) >= 11 is 0. The van der Waals surface area contributed by atoms with E-state index >= 15 is 0 Å². The molecule has 0 aliphatic heterocycles. The van der Waals surface area contributed by atoms with E-state index in [2.05, 4.69) is 4.74 Å². The molecule has 0 amide bonds. The maximum atomic E-state index is 11.2. The Bertz CT molecular complexity index is 332. The van der Waals surface area contributed by atoms with Crippen LogP contribution >= 0.6 is 0 Å². The van der Waals surface area contributed by atoms with E-state index in [0.29, 0.717) is 25.4 Å². The van der Waals surface area contributed by atoms with Crippen LogP contribution in [-0.4, -0.2) is 33.4 Å². The molecule has 0 atom stereocenters. The van der Waals surface area contributed by atoms with Crippen molar-refractivity contribution >= 4 is 5.97 Å². The van der Waals surface area contributed by atoms with Crippen LogP contribution in [0.1, 0.15) is 22.3 Å². The summed E-state index contributed by atoms with van der Waals surface area (Å²) in [5.74, 6) is -0.322. The number of ether oxygens (including phenoxy) is 3. The quantitative estimate of drug-likeness (QED) is 0.538. The lowest BCUT2D eigenvalue weighted by Gasteiger charge is -2.05. The van der Waals surface area contributed by atoms with Gasteiger partial charge in [-0.15, -0.1) is 0 Å². The summed E-state index contributed by atoms with van der Waals surface area (Å²) in [6.07, 6.45) is 0.886. The van der Waals surface area contributed by atoms with Crippen LogP contribution in [0.15, 0.2) is 24.3 Å². The standard InChI is InChI=1S/C13H18O4/c1-15-8-3-9-17-10-11-4-6-12(7-5-11)13(14)16-2/h4-7H,3,8-10H2,1-2H3. The second-order valence-corrected chi connectivity index (χ2v) is 3.59. The van der Waals surface area contributed by atoms with Crippen LogP contribution in [0.2, 0.25) is 0 Å². The van der Waals surface area contributed by atoms with E-state index in [-0.39, 0.29) is 5.97 Å². The van der Waals surface area contributed by atoms with Gasteiger partial charge in [0, 0.05) is 20.3 Å². The van der Waals surface area contributed by atoms with E-state index < -0.39 is 0 Å². The van der Waals surface area contributed by atoms with Crippen molar-refractivity contribution < 1.29 is 19.0 Å². The minimum atomic E-state index is -0.322. The first-order chi connectivity index (χ1) is 8.27. The van der Waals surface area contributed by atoms with Gasteiger partial charge in [0.2, 0.25) is 0 Å². The molecule has 1 rings (SSSR count). The third-order valence-corrected chi connectivity index (χ3v) is 2.28. The van der Waals surface area contributed by atoms with Gasteiger partial charge in [0.05, 0.1) is 19.3 Å². The van der Waals surface area contributed by atoms with Crippen molar-refractivity contribution in [3.05, 3.63) is 35.4 Å². The molecule has 0 fully saturated rings. The van der Waals surface area contributed by atoms with Crippen LogP contribution < -0.4 is 0 Å². The average molecular weight is 238 g/mol. The summed E-state index contributed by atoms with van der Waals surface area (Å²) < 4.78 is 15.0. The highest BCUT2D eigenvalue weighted by Gasteiger charge is 2.03. The predicted molar refractivity (Wildman–Crippen MR) is 63.9 cm³/mol. The predicted octanol–water partition coefficient (Wildman–Crippen LogP) is 2.03. The Labute approximate surface area is 101 Å². The molecule has 0 radical (unpaired) electrons. The topological polar surface area (TPSA) is 44.8 Å². The SMILES string of the molecule is COCCCOCc1ccc(C(=O)OC)cc1. The average Bonchev–Trinajstić information content (AvgIpc) is 2.38. The molecule has 0 N–H and O–H groups in total. The normalized spacial score (nSPS) is 10.2. The maximum Gasteiger partial charge on any atom is 0.337 e. The van der Waals surface area contributed by atoms with Crippen LogP contribution in [0.3, 0.4) is 0 Å². The number of benzene rings is 1. The van der Waals surface area contributed by atoms with E-state index in [1.165, 1.54) is 7.11 Å². The van der Waals surface area contributed by atoms with Crippen molar-refractivity contribution in [3.63, 3.8) is 0 Å². The first kappa shape index (κ1) is 13.7. The van der Waals surface area contributed by atoms with Gasteiger partial charge in [-0.1, -0.05) is 12.1 Å². The molecule has 0 spiro atoms. The molecule has 0 unspecified atom stereocenters. The van der Waals surface area contributed by atoms with E-state index in [0.717, 1.165) is 12.0 Å². The van der Waals surface area contributed by atoms with Gasteiger partial charge in [-0.25, -0.2) is 4.79 Å². The van der Waals surface area contributed by atoms with Crippen molar-refractivity contribution in [2.45, 2.75) is 13.0 Å². The van der Waals surface area contributed by atoms with E-state index in [1.54, 1.807) is 19.2 Å². The van der Waals surface area contributed by atoms with Gasteiger partial charge in [-0.3, -0.25) is 0 Å². The molecule has 0 saturated carbocycles. The molecule has 0 aromatic heterocycles. The second-order valence-electron chi connectivity index (χ2n) is 3.59. The first-order valence-electron chi connectivity index (χ1n) is 5.52. The Morgan fingerprint density at radius 2 is 1.82 bits per heavy atom. The first-order valence-corrected chi connectivity index (χ1v) is 5.52. The van der Waals surface area contributed by atoms with Gasteiger partial charge in [0.25, 0.3) is 0 Å². The minimum absolute atomic E-state index is 0.322. The highest BCUT2D eigenvalue weighted by atomic mass is 16.5. The molecule has 1 aromatic rings. The monoisotopic (exact) mass is 238 g/mol. The highest BCUT2D eigenvalue weighted by molar-refractivity contribution is 5.89. The zero-order valence-electron chi connectivity index (χ0n) is 10.3. The zero-order valence-corrected chi connectivity index (χ0v) is 10.3. The minimum Gasteiger partial charge on any atom is -0.465 e. The van der Waals surface area contributed by atoms with Crippen LogP contribution in [0, 0.1) is 0 Å². The van der Waals surface area contributed by atoms with Crippen molar-refractivity contribution in [1.29, 1.82) is 0 Å². The number of hydrogen-bond acceptors (Lipinski definition) is 4. The summed E-state index contributed by atoms with van der Waals surface area (Å²) in [5.41, 5.74) is 1.59. The lowest BCUT2D eigenvalue weighted by molar-refractivity contribution is 0.0600. The van der Waals surface area contributed by atoms with E-state index in [4.69, 9.17) is 9.47 Å². The maximum absolute atomic E-state index is 11.2. The lowest BCUT2D eigenvalue weighted by Crippen LogP contribution is -2.02. The van der Waals surface area contributed by atoms with Gasteiger partial charge in [0.1, 0.15) is 0 Å². The largest absolute Gasteiger partial charge is 0.465 e. The number of hydrogen-bond donors (Lipinski definition) is 0. The number of carbonyl (C=O) groups excluding carboxylic acids is 1. The smallest absolute Gasteiger partial charge is 0.337 e. The fraction of sp³-hybridized carbons (Fsp3) is 0.462. The Morgan fingerprint density at radius 1 is 1.12 bits per heavy atom. The second kappa shape index (κ2) is 7.81. The molecule has 4 nitrogen and oxygen atoms in total. The molecular formula is C13H18O4. The zero-order chi connectivity index (χ0) is 12.5. The fourth-order valence-corrected chi connectivity index (χ4v) is 1.35. The Kier molecular flexibility index (Phi) is 6.29. The molecule has 0 aliphatic rings. The molecule has 4 heteroatoms. The molecule has 94 valence electrons. The van der Waals surface area contributed by atoms with E-state index in [1.807, 2.05) is 12.1 Å². The summed E-state index contributed by atoms with van der Waals surface area (Å²) in [4.78, 5) is 11.2. The van der Waals surface area contributed by atoms with E-state index in [9.17, 15) is 4.79 Å². The Hall–Kier alpha value is -1.39.